The van der Waals surface area contributed by atoms with Crippen molar-refractivity contribution in [3.8, 4) is 11.3 Å². The summed E-state index contributed by atoms with van der Waals surface area (Å²) in [5.74, 6) is -0.138. The predicted octanol–water partition coefficient (Wildman–Crippen LogP) is 9.59. The largest absolute Gasteiger partial charge is 0.339 e. The van der Waals surface area contributed by atoms with Gasteiger partial charge in [0.25, 0.3) is 5.91 Å². The Hall–Kier alpha value is -4.67. The summed E-state index contributed by atoms with van der Waals surface area (Å²) in [6.07, 6.45) is 13.0. The van der Waals surface area contributed by atoms with Crippen molar-refractivity contribution in [3.05, 3.63) is 131 Å². The Balaban J connectivity index is 1.19. The van der Waals surface area contributed by atoms with Crippen LogP contribution in [0.1, 0.15) is 61.5 Å². The van der Waals surface area contributed by atoms with Crippen LogP contribution in [-0.4, -0.2) is 40.8 Å². The molecule has 2 aliphatic carbocycles. The predicted molar refractivity (Wildman–Crippen MR) is 183 cm³/mol. The van der Waals surface area contributed by atoms with Crippen LogP contribution in [0.15, 0.2) is 119 Å². The minimum absolute atomic E-state index is 0.00207. The van der Waals surface area contributed by atoms with Gasteiger partial charge in [-0.1, -0.05) is 49.1 Å². The smallest absolute Gasteiger partial charge is 0.253 e. The van der Waals surface area contributed by atoms with E-state index in [2.05, 4.69) is 31.4 Å². The maximum absolute atomic E-state index is 14.0. The van der Waals surface area contributed by atoms with E-state index in [-0.39, 0.29) is 17.6 Å². The monoisotopic (exact) mass is 615 g/mol. The van der Waals surface area contributed by atoms with Crippen LogP contribution in [0.5, 0.6) is 0 Å². The Morgan fingerprint density at radius 3 is 2.70 bits per heavy atom. The number of amides is 1. The molecule has 1 fully saturated rings. The van der Waals surface area contributed by atoms with E-state index in [0.717, 1.165) is 70.3 Å². The zero-order valence-electron chi connectivity index (χ0n) is 26.5. The van der Waals surface area contributed by atoms with Crippen molar-refractivity contribution in [2.45, 2.75) is 58.5 Å². The zero-order chi connectivity index (χ0) is 32.2. The lowest BCUT2D eigenvalue weighted by atomic mass is 9.86. The van der Waals surface area contributed by atoms with Gasteiger partial charge in [-0.3, -0.25) is 14.8 Å². The van der Waals surface area contributed by atoms with Crippen LogP contribution in [-0.2, 0) is 0 Å². The first kappa shape index (κ1) is 31.3. The Morgan fingerprint density at radius 2 is 1.93 bits per heavy atom. The number of likely N-dealkylation sites (tertiary alicyclic amines) is 1. The van der Waals surface area contributed by atoms with Gasteiger partial charge in [-0.05, 0) is 98.0 Å². The van der Waals surface area contributed by atoms with Crippen molar-refractivity contribution in [2.24, 2.45) is 10.9 Å². The number of pyridine rings is 1. The molecule has 1 amide bonds. The van der Waals surface area contributed by atoms with Gasteiger partial charge in [0.05, 0.1) is 5.69 Å². The third-order valence-electron chi connectivity index (χ3n) is 9.09. The highest BCUT2D eigenvalue weighted by atomic mass is 19.1. The van der Waals surface area contributed by atoms with E-state index in [1.165, 1.54) is 18.2 Å². The number of nitrogens with zero attached hydrogens (tertiary/aromatic N) is 3. The van der Waals surface area contributed by atoms with Crippen molar-refractivity contribution in [3.63, 3.8) is 0 Å². The fourth-order valence-electron chi connectivity index (χ4n) is 6.54. The highest BCUT2D eigenvalue weighted by molar-refractivity contribution is 6.03. The Bertz CT molecular complexity index is 1880. The van der Waals surface area contributed by atoms with Crippen LogP contribution in [0.2, 0.25) is 0 Å². The van der Waals surface area contributed by atoms with Crippen molar-refractivity contribution in [1.29, 1.82) is 0 Å². The fraction of sp³-hybridized carbons (Fsp3) is 0.300. The Kier molecular flexibility index (Phi) is 9.37. The van der Waals surface area contributed by atoms with E-state index in [9.17, 15) is 13.6 Å². The molecule has 3 aliphatic rings. The number of aryl methyl sites for hydroxylation is 1. The summed E-state index contributed by atoms with van der Waals surface area (Å²) in [6.45, 7) is 9.69. The van der Waals surface area contributed by atoms with Crippen LogP contribution in [0.3, 0.4) is 0 Å². The molecular weight excluding hydrogens is 576 g/mol. The van der Waals surface area contributed by atoms with Gasteiger partial charge in [-0.15, -0.1) is 5.73 Å². The second-order valence-electron chi connectivity index (χ2n) is 12.5. The van der Waals surface area contributed by atoms with Crippen molar-refractivity contribution < 1.29 is 13.6 Å². The zero-order valence-corrected chi connectivity index (χ0v) is 26.5. The Labute approximate surface area is 270 Å². The first-order chi connectivity index (χ1) is 22.2. The quantitative estimate of drug-likeness (QED) is 0.187. The number of piperidine rings is 1. The molecule has 4 nitrogen and oxygen atoms in total. The molecule has 0 bridgehead atoms. The van der Waals surface area contributed by atoms with Gasteiger partial charge in [-0.2, -0.15) is 0 Å². The standard InChI is InChI=1S/C40H39F2N3O/c1-26-8-5-4-6-11-37(26)44-38(27(2)12-13-29-14-16-35(42)23-29)30-18-20-45(21-19-30)40(46)32-15-17-36-33(24-32)22-28(3)43-39(36)31-9-7-10-34(41)25-31/h4-10,15-17,22,24-25,30,35H,2,11-13,18-21,23H2,1,3H3. The average molecular weight is 616 g/mol. The fourth-order valence-corrected chi connectivity index (χ4v) is 6.54. The molecule has 0 saturated carbocycles. The number of alkyl halides is 1. The highest BCUT2D eigenvalue weighted by Gasteiger charge is 2.28. The molecule has 234 valence electrons. The molecule has 2 heterocycles. The van der Waals surface area contributed by atoms with Crippen molar-refractivity contribution in [1.82, 2.24) is 9.88 Å². The van der Waals surface area contributed by atoms with E-state index in [0.29, 0.717) is 42.8 Å². The number of allylic oxidation sites excluding steroid dienone is 7. The molecule has 0 radical (unpaired) electrons. The van der Waals surface area contributed by atoms with Gasteiger partial charge < -0.3 is 4.90 Å². The van der Waals surface area contributed by atoms with Gasteiger partial charge >= 0.3 is 0 Å². The van der Waals surface area contributed by atoms with E-state index in [4.69, 9.17) is 9.98 Å². The molecule has 2 aromatic carbocycles. The Morgan fingerprint density at radius 1 is 1.11 bits per heavy atom. The van der Waals surface area contributed by atoms with Crippen LogP contribution in [0.4, 0.5) is 8.78 Å². The number of aromatic nitrogens is 1. The normalized spacial score (nSPS) is 18.8. The number of hydrogen-bond acceptors (Lipinski definition) is 3. The third kappa shape index (κ3) is 7.08. The summed E-state index contributed by atoms with van der Waals surface area (Å²) in [5.41, 5.74) is 11.1. The number of carbonyl (C=O) groups excluding carboxylic acids is 1. The lowest BCUT2D eigenvalue weighted by molar-refractivity contribution is 0.0710. The SMILES string of the molecule is C=C(CCC1=C=CC(F)C1)C(=NC1=C(C)C=CC=CC1)C1CCN(C(=O)c2ccc3c(-c4cccc(F)c4)nc(C)cc3c2)CC1. The summed E-state index contributed by atoms with van der Waals surface area (Å²) >= 11 is 0. The minimum atomic E-state index is -0.936. The van der Waals surface area contributed by atoms with E-state index >= 15 is 0 Å². The number of carbonyl (C=O) groups is 1. The molecule has 6 heteroatoms. The second-order valence-corrected chi connectivity index (χ2v) is 12.5. The molecule has 3 aromatic rings. The number of rotatable bonds is 8. The second kappa shape index (κ2) is 13.8. The van der Waals surface area contributed by atoms with Gasteiger partial charge in [0.2, 0.25) is 0 Å². The highest BCUT2D eigenvalue weighted by Crippen LogP contribution is 2.32. The number of halogens is 2. The van der Waals surface area contributed by atoms with E-state index in [1.54, 1.807) is 6.07 Å². The summed E-state index contributed by atoms with van der Waals surface area (Å²) < 4.78 is 27.7. The molecule has 1 saturated heterocycles. The molecule has 1 aromatic heterocycles. The lowest BCUT2D eigenvalue weighted by Crippen LogP contribution is -2.40. The average Bonchev–Trinajstić information content (AvgIpc) is 3.37. The van der Waals surface area contributed by atoms with Crippen molar-refractivity contribution >= 4 is 22.4 Å². The van der Waals surface area contributed by atoms with E-state index in [1.807, 2.05) is 54.3 Å². The summed E-state index contributed by atoms with van der Waals surface area (Å²) in [6, 6.07) is 14.1. The number of fused-ring (bicyclic) bond motifs is 1. The third-order valence-corrected chi connectivity index (χ3v) is 9.09. The van der Waals surface area contributed by atoms with Gasteiger partial charge in [-0.25, -0.2) is 8.78 Å². The molecule has 0 spiro atoms. The maximum atomic E-state index is 14.0. The van der Waals surface area contributed by atoms with E-state index < -0.39 is 6.17 Å². The number of hydrogen-bond donors (Lipinski definition) is 0. The van der Waals surface area contributed by atoms with Gasteiger partial charge in [0, 0.05) is 65.5 Å². The number of aliphatic imine (C=N–C) groups is 1. The summed E-state index contributed by atoms with van der Waals surface area (Å²) in [4.78, 5) is 25.6. The minimum Gasteiger partial charge on any atom is -0.339 e. The molecule has 1 aliphatic heterocycles. The summed E-state index contributed by atoms with van der Waals surface area (Å²) in [7, 11) is 0. The lowest BCUT2D eigenvalue weighted by Gasteiger charge is -2.33. The molecule has 0 N–H and O–H groups in total. The first-order valence-corrected chi connectivity index (χ1v) is 16.1. The maximum Gasteiger partial charge on any atom is 0.253 e. The van der Waals surface area contributed by atoms with Crippen molar-refractivity contribution in [2.75, 3.05) is 13.1 Å². The number of benzene rings is 2. The molecule has 46 heavy (non-hydrogen) atoms. The van der Waals surface area contributed by atoms with Crippen LogP contribution < -0.4 is 0 Å². The summed E-state index contributed by atoms with van der Waals surface area (Å²) in [5, 5.41) is 1.78. The molecular formula is C40H39F2N3O. The van der Waals surface area contributed by atoms with Crippen LogP contribution >= 0.6 is 0 Å². The first-order valence-electron chi connectivity index (χ1n) is 16.1. The van der Waals surface area contributed by atoms with Crippen LogP contribution in [0, 0.1) is 18.7 Å². The molecule has 6 rings (SSSR count). The molecule has 1 atom stereocenters. The molecule has 1 unspecified atom stereocenters. The topological polar surface area (TPSA) is 45.6 Å². The van der Waals surface area contributed by atoms with Gasteiger partial charge in [0.1, 0.15) is 12.0 Å². The van der Waals surface area contributed by atoms with Gasteiger partial charge in [0.15, 0.2) is 0 Å². The van der Waals surface area contributed by atoms with Crippen LogP contribution in [0.25, 0.3) is 22.0 Å².